The minimum absolute atomic E-state index is 0.0937. The smallest absolute Gasteiger partial charge is 0.377 e. The number of aryl methyl sites for hydroxylation is 1. The van der Waals surface area contributed by atoms with Crippen LogP contribution in [0.3, 0.4) is 0 Å². The summed E-state index contributed by atoms with van der Waals surface area (Å²) in [6, 6.07) is 0.0937. The van der Waals surface area contributed by atoms with Crippen molar-refractivity contribution in [3.8, 4) is 0 Å². The fourth-order valence-electron chi connectivity index (χ4n) is 1.95. The molecule has 0 bridgehead atoms. The van der Waals surface area contributed by atoms with E-state index in [0.29, 0.717) is 11.7 Å². The molecule has 1 aromatic heterocycles. The van der Waals surface area contributed by atoms with Gasteiger partial charge >= 0.3 is 7.05 Å². The van der Waals surface area contributed by atoms with Gasteiger partial charge in [-0.05, 0) is 33.1 Å². The summed E-state index contributed by atoms with van der Waals surface area (Å²) in [7, 11) is -0.449. The zero-order valence-corrected chi connectivity index (χ0v) is 8.47. The lowest BCUT2D eigenvalue weighted by atomic mass is 9.84. The summed E-state index contributed by atoms with van der Waals surface area (Å²) in [6.45, 7) is 4.46. The van der Waals surface area contributed by atoms with E-state index in [9.17, 15) is 5.02 Å². The monoisotopic (exact) mass is 195 g/mol. The topological polar surface area (TPSA) is 62.4 Å². The lowest BCUT2D eigenvalue weighted by molar-refractivity contribution is 0.271. The van der Waals surface area contributed by atoms with Gasteiger partial charge in [0.15, 0.2) is 5.82 Å². The third kappa shape index (κ3) is 1.67. The van der Waals surface area contributed by atoms with E-state index in [2.05, 4.69) is 10.1 Å². The second-order valence-corrected chi connectivity index (χ2v) is 3.71. The van der Waals surface area contributed by atoms with Gasteiger partial charge in [0.1, 0.15) is 0 Å². The molecule has 6 heteroatoms. The zero-order valence-electron chi connectivity index (χ0n) is 8.47. The maximum absolute atomic E-state index is 9.53. The van der Waals surface area contributed by atoms with E-state index in [4.69, 9.17) is 4.52 Å². The van der Waals surface area contributed by atoms with Crippen LogP contribution in [0.5, 0.6) is 0 Å². The molecule has 0 spiro atoms. The molecule has 2 heterocycles. The molecular formula is C8H14BN3O2. The highest BCUT2D eigenvalue weighted by Gasteiger charge is 2.34. The predicted molar refractivity (Wildman–Crippen MR) is 51.6 cm³/mol. The number of rotatable bonds is 2. The first-order valence-corrected chi connectivity index (χ1v) is 4.92. The summed E-state index contributed by atoms with van der Waals surface area (Å²) in [6.07, 6.45) is 2.05. The normalized spacial score (nSPS) is 22.9. The Balaban J connectivity index is 2.17. The van der Waals surface area contributed by atoms with E-state index in [0.717, 1.165) is 19.4 Å². The molecular weight excluding hydrogens is 181 g/mol. The van der Waals surface area contributed by atoms with Crippen molar-refractivity contribution in [3.63, 3.8) is 0 Å². The summed E-state index contributed by atoms with van der Waals surface area (Å²) in [4.78, 5) is 6.17. The third-order valence-corrected chi connectivity index (χ3v) is 2.60. The average molecular weight is 195 g/mol. The second kappa shape index (κ2) is 3.71. The summed E-state index contributed by atoms with van der Waals surface area (Å²) < 4.78 is 5.11. The van der Waals surface area contributed by atoms with Crippen LogP contribution in [0.15, 0.2) is 4.52 Å². The Kier molecular flexibility index (Phi) is 2.56. The average Bonchev–Trinajstić information content (AvgIpc) is 2.70. The van der Waals surface area contributed by atoms with E-state index in [-0.39, 0.29) is 6.04 Å². The molecule has 1 fully saturated rings. The van der Waals surface area contributed by atoms with Gasteiger partial charge in [-0.1, -0.05) is 5.16 Å². The molecule has 0 aromatic carbocycles. The molecule has 0 amide bonds. The number of aromatic nitrogens is 2. The Morgan fingerprint density at radius 1 is 1.64 bits per heavy atom. The summed E-state index contributed by atoms with van der Waals surface area (Å²) in [5, 5.41) is 13.3. The molecule has 76 valence electrons. The Labute approximate surface area is 83.2 Å². The third-order valence-electron chi connectivity index (χ3n) is 2.60. The molecule has 1 aliphatic rings. The molecule has 1 saturated heterocycles. The summed E-state index contributed by atoms with van der Waals surface area (Å²) >= 11 is 0. The number of hydrogen-bond acceptors (Lipinski definition) is 5. The molecule has 0 saturated carbocycles. The van der Waals surface area contributed by atoms with E-state index in [1.807, 2.05) is 4.81 Å². The highest BCUT2D eigenvalue weighted by atomic mass is 16.5. The standard InChI is InChI=1S/C8H14BN3O2/c1-6-10-8(14-11-6)7-4-3-5-12(7)9(2)13/h7,13H,3-5H2,1-2H3/t7-/m0/s1. The number of nitrogens with zero attached hydrogens (tertiary/aromatic N) is 3. The van der Waals surface area contributed by atoms with Crippen molar-refractivity contribution in [1.82, 2.24) is 15.0 Å². The minimum Gasteiger partial charge on any atom is -0.437 e. The van der Waals surface area contributed by atoms with Crippen molar-refractivity contribution >= 4 is 7.05 Å². The first-order valence-electron chi connectivity index (χ1n) is 4.92. The van der Waals surface area contributed by atoms with Crippen LogP contribution in [0.4, 0.5) is 0 Å². The quantitative estimate of drug-likeness (QED) is 0.701. The molecule has 2 rings (SSSR count). The maximum Gasteiger partial charge on any atom is 0.377 e. The molecule has 1 aromatic rings. The van der Waals surface area contributed by atoms with Gasteiger partial charge in [0.05, 0.1) is 6.04 Å². The molecule has 5 nitrogen and oxygen atoms in total. The van der Waals surface area contributed by atoms with E-state index in [1.54, 1.807) is 13.7 Å². The van der Waals surface area contributed by atoms with Crippen LogP contribution in [0.2, 0.25) is 6.82 Å². The van der Waals surface area contributed by atoms with Gasteiger partial charge in [-0.25, -0.2) is 0 Å². The number of hydrogen-bond donors (Lipinski definition) is 1. The second-order valence-electron chi connectivity index (χ2n) is 3.71. The minimum atomic E-state index is -0.449. The molecule has 0 unspecified atom stereocenters. The molecule has 1 aliphatic heterocycles. The van der Waals surface area contributed by atoms with Crippen LogP contribution < -0.4 is 0 Å². The summed E-state index contributed by atoms with van der Waals surface area (Å²) in [5.74, 6) is 1.28. The van der Waals surface area contributed by atoms with Crippen molar-refractivity contribution in [2.45, 2.75) is 32.6 Å². The van der Waals surface area contributed by atoms with E-state index < -0.39 is 7.05 Å². The fraction of sp³-hybridized carbons (Fsp3) is 0.750. The van der Waals surface area contributed by atoms with Gasteiger partial charge in [-0.2, -0.15) is 4.98 Å². The van der Waals surface area contributed by atoms with Gasteiger partial charge in [-0.3, -0.25) is 0 Å². The van der Waals surface area contributed by atoms with Crippen LogP contribution in [0.1, 0.15) is 30.6 Å². The van der Waals surface area contributed by atoms with E-state index in [1.165, 1.54) is 0 Å². The van der Waals surface area contributed by atoms with Crippen LogP contribution in [0, 0.1) is 6.92 Å². The first-order chi connectivity index (χ1) is 6.68. The van der Waals surface area contributed by atoms with Crippen LogP contribution >= 0.6 is 0 Å². The fourth-order valence-corrected chi connectivity index (χ4v) is 1.95. The first kappa shape index (κ1) is 9.67. The van der Waals surface area contributed by atoms with Gasteiger partial charge in [0.2, 0.25) is 5.89 Å². The molecule has 0 radical (unpaired) electrons. The van der Waals surface area contributed by atoms with Crippen LogP contribution in [0.25, 0.3) is 0 Å². The SMILES string of the molecule is CB(O)N1CCC[C@H]1c1nc(C)no1. The molecule has 1 atom stereocenters. The molecule has 14 heavy (non-hydrogen) atoms. The van der Waals surface area contributed by atoms with Crippen molar-refractivity contribution in [2.75, 3.05) is 6.54 Å². The Morgan fingerprint density at radius 2 is 2.43 bits per heavy atom. The van der Waals surface area contributed by atoms with Gasteiger partial charge in [-0.15, -0.1) is 0 Å². The van der Waals surface area contributed by atoms with Crippen molar-refractivity contribution in [1.29, 1.82) is 0 Å². The Bertz CT molecular complexity index is 315. The van der Waals surface area contributed by atoms with E-state index >= 15 is 0 Å². The van der Waals surface area contributed by atoms with Crippen LogP contribution in [-0.4, -0.2) is 33.6 Å². The Hall–Kier alpha value is -0.875. The van der Waals surface area contributed by atoms with Crippen molar-refractivity contribution < 1.29 is 9.55 Å². The maximum atomic E-state index is 9.53. The molecule has 1 N–H and O–H groups in total. The van der Waals surface area contributed by atoms with Gasteiger partial charge in [0.25, 0.3) is 0 Å². The largest absolute Gasteiger partial charge is 0.437 e. The lowest BCUT2D eigenvalue weighted by Gasteiger charge is -2.21. The highest BCUT2D eigenvalue weighted by Crippen LogP contribution is 2.30. The van der Waals surface area contributed by atoms with Crippen molar-refractivity contribution in [2.24, 2.45) is 0 Å². The highest BCUT2D eigenvalue weighted by molar-refractivity contribution is 6.45. The molecule has 0 aliphatic carbocycles. The lowest BCUT2D eigenvalue weighted by Crippen LogP contribution is -2.36. The summed E-state index contributed by atoms with van der Waals surface area (Å²) in [5.41, 5.74) is 0. The Morgan fingerprint density at radius 3 is 3.00 bits per heavy atom. The zero-order chi connectivity index (χ0) is 10.1. The predicted octanol–water partition coefficient (Wildman–Crippen LogP) is 0.625. The van der Waals surface area contributed by atoms with Crippen LogP contribution in [-0.2, 0) is 0 Å². The van der Waals surface area contributed by atoms with Gasteiger partial charge in [0, 0.05) is 0 Å². The van der Waals surface area contributed by atoms with Gasteiger partial charge < -0.3 is 14.4 Å². The van der Waals surface area contributed by atoms with Crippen molar-refractivity contribution in [3.05, 3.63) is 11.7 Å².